The van der Waals surface area contributed by atoms with Crippen LogP contribution in [0.25, 0.3) is 0 Å². The average molecular weight is 235 g/mol. The minimum absolute atomic E-state index is 0.0322. The van der Waals surface area contributed by atoms with Crippen LogP contribution in [0.4, 0.5) is 5.69 Å². The van der Waals surface area contributed by atoms with Gasteiger partial charge in [-0.05, 0) is 12.1 Å². The second-order valence-electron chi connectivity index (χ2n) is 3.77. The standard InChI is InChI=1S/C11H13N3O3/c1-17-11(16)9-4-7(2-3-12-9)14-8-5-10(15)13-6-8/h2-4,8H,5-6H2,1H3,(H,12,14)(H,13,15). The van der Waals surface area contributed by atoms with Gasteiger partial charge < -0.3 is 15.4 Å². The molecule has 1 aliphatic heterocycles. The van der Waals surface area contributed by atoms with E-state index in [2.05, 4.69) is 20.4 Å². The molecule has 90 valence electrons. The number of methoxy groups -OCH3 is 1. The Morgan fingerprint density at radius 2 is 2.47 bits per heavy atom. The summed E-state index contributed by atoms with van der Waals surface area (Å²) in [6.45, 7) is 0.592. The molecule has 0 aromatic carbocycles. The average Bonchev–Trinajstić information content (AvgIpc) is 2.74. The van der Waals surface area contributed by atoms with Gasteiger partial charge in [0.2, 0.25) is 5.91 Å². The van der Waals surface area contributed by atoms with Crippen LogP contribution >= 0.6 is 0 Å². The van der Waals surface area contributed by atoms with Gasteiger partial charge in [-0.25, -0.2) is 9.78 Å². The first-order valence-electron chi connectivity index (χ1n) is 5.26. The quantitative estimate of drug-likeness (QED) is 0.730. The van der Waals surface area contributed by atoms with Crippen LogP contribution in [0.2, 0.25) is 0 Å². The van der Waals surface area contributed by atoms with Crippen LogP contribution in [0.1, 0.15) is 16.9 Å². The van der Waals surface area contributed by atoms with E-state index in [1.54, 1.807) is 12.1 Å². The molecule has 1 aliphatic rings. The summed E-state index contributed by atoms with van der Waals surface area (Å²) in [5.74, 6) is -0.445. The van der Waals surface area contributed by atoms with E-state index in [0.717, 1.165) is 5.69 Å². The van der Waals surface area contributed by atoms with Gasteiger partial charge in [-0.2, -0.15) is 0 Å². The van der Waals surface area contributed by atoms with E-state index >= 15 is 0 Å². The van der Waals surface area contributed by atoms with Crippen molar-refractivity contribution in [1.29, 1.82) is 0 Å². The van der Waals surface area contributed by atoms with Gasteiger partial charge in [-0.15, -0.1) is 0 Å². The molecule has 0 spiro atoms. The van der Waals surface area contributed by atoms with E-state index in [0.29, 0.717) is 13.0 Å². The first-order valence-corrected chi connectivity index (χ1v) is 5.26. The number of ether oxygens (including phenoxy) is 1. The molecule has 1 saturated heterocycles. The number of hydrogen-bond acceptors (Lipinski definition) is 5. The summed E-state index contributed by atoms with van der Waals surface area (Å²) in [6, 6.07) is 3.40. The Morgan fingerprint density at radius 3 is 3.12 bits per heavy atom. The van der Waals surface area contributed by atoms with E-state index < -0.39 is 5.97 Å². The third-order valence-electron chi connectivity index (χ3n) is 2.50. The largest absolute Gasteiger partial charge is 0.464 e. The molecule has 6 nitrogen and oxygen atoms in total. The van der Waals surface area contributed by atoms with E-state index in [4.69, 9.17) is 0 Å². The molecule has 1 fully saturated rings. The topological polar surface area (TPSA) is 80.3 Å². The van der Waals surface area contributed by atoms with Crippen molar-refractivity contribution < 1.29 is 14.3 Å². The number of carbonyl (C=O) groups is 2. The van der Waals surface area contributed by atoms with E-state index in [1.165, 1.54) is 13.3 Å². The Bertz CT molecular complexity index is 447. The zero-order chi connectivity index (χ0) is 12.3. The van der Waals surface area contributed by atoms with Crippen molar-refractivity contribution in [1.82, 2.24) is 10.3 Å². The highest BCUT2D eigenvalue weighted by atomic mass is 16.5. The van der Waals surface area contributed by atoms with Crippen molar-refractivity contribution in [2.24, 2.45) is 0 Å². The normalized spacial score (nSPS) is 18.6. The summed E-state index contributed by atoms with van der Waals surface area (Å²) in [6.07, 6.45) is 1.97. The number of anilines is 1. The minimum atomic E-state index is -0.478. The molecular weight excluding hydrogens is 222 g/mol. The molecule has 0 radical (unpaired) electrons. The molecule has 0 aliphatic carbocycles. The molecular formula is C11H13N3O3. The van der Waals surface area contributed by atoms with Crippen molar-refractivity contribution in [3.05, 3.63) is 24.0 Å². The predicted octanol–water partition coefficient (Wildman–Crippen LogP) is 0.169. The predicted molar refractivity (Wildman–Crippen MR) is 60.6 cm³/mol. The van der Waals surface area contributed by atoms with Crippen LogP contribution in [0, 0.1) is 0 Å². The third kappa shape index (κ3) is 2.72. The van der Waals surface area contributed by atoms with Crippen LogP contribution in [0.5, 0.6) is 0 Å². The summed E-state index contributed by atoms with van der Waals surface area (Å²) in [4.78, 5) is 26.2. The van der Waals surface area contributed by atoms with Crippen LogP contribution in [-0.2, 0) is 9.53 Å². The summed E-state index contributed by atoms with van der Waals surface area (Å²) >= 11 is 0. The molecule has 1 unspecified atom stereocenters. The van der Waals surface area contributed by atoms with Crippen molar-refractivity contribution in [2.45, 2.75) is 12.5 Å². The summed E-state index contributed by atoms with van der Waals surface area (Å²) in [7, 11) is 1.31. The monoisotopic (exact) mass is 235 g/mol. The Balaban J connectivity index is 2.06. The smallest absolute Gasteiger partial charge is 0.356 e. The van der Waals surface area contributed by atoms with Crippen LogP contribution in [0.15, 0.2) is 18.3 Å². The van der Waals surface area contributed by atoms with Gasteiger partial charge >= 0.3 is 5.97 Å². The Labute approximate surface area is 98.4 Å². The van der Waals surface area contributed by atoms with E-state index in [-0.39, 0.29) is 17.6 Å². The maximum Gasteiger partial charge on any atom is 0.356 e. The van der Waals surface area contributed by atoms with E-state index in [1.807, 2.05) is 0 Å². The summed E-state index contributed by atoms with van der Waals surface area (Å²) in [5.41, 5.74) is 0.997. The number of aromatic nitrogens is 1. The minimum Gasteiger partial charge on any atom is -0.464 e. The zero-order valence-corrected chi connectivity index (χ0v) is 9.40. The van der Waals surface area contributed by atoms with Crippen molar-refractivity contribution >= 4 is 17.6 Å². The second kappa shape index (κ2) is 4.82. The summed E-state index contributed by atoms with van der Waals surface area (Å²) < 4.78 is 4.58. The Hall–Kier alpha value is -2.11. The van der Waals surface area contributed by atoms with Gasteiger partial charge in [0, 0.05) is 24.8 Å². The van der Waals surface area contributed by atoms with Gasteiger partial charge in [0.05, 0.1) is 13.2 Å². The third-order valence-corrected chi connectivity index (χ3v) is 2.50. The highest BCUT2D eigenvalue weighted by molar-refractivity contribution is 5.88. The number of carbonyl (C=O) groups excluding carboxylic acids is 2. The van der Waals surface area contributed by atoms with E-state index in [9.17, 15) is 9.59 Å². The fourth-order valence-corrected chi connectivity index (χ4v) is 1.68. The lowest BCUT2D eigenvalue weighted by atomic mass is 10.2. The van der Waals surface area contributed by atoms with Gasteiger partial charge in [0.15, 0.2) is 0 Å². The fraction of sp³-hybridized carbons (Fsp3) is 0.364. The maximum absolute atomic E-state index is 11.3. The van der Waals surface area contributed by atoms with Gasteiger partial charge in [0.1, 0.15) is 5.69 Å². The number of rotatable bonds is 3. The number of hydrogen-bond donors (Lipinski definition) is 2. The fourth-order valence-electron chi connectivity index (χ4n) is 1.68. The highest BCUT2D eigenvalue weighted by Crippen LogP contribution is 2.13. The molecule has 2 N–H and O–H groups in total. The lowest BCUT2D eigenvalue weighted by Crippen LogP contribution is -2.22. The first-order chi connectivity index (χ1) is 8.19. The molecule has 6 heteroatoms. The molecule has 1 aromatic rings. The van der Waals surface area contributed by atoms with Crippen LogP contribution in [-0.4, -0.2) is 36.6 Å². The molecule has 2 rings (SSSR count). The molecule has 1 aromatic heterocycles. The van der Waals surface area contributed by atoms with Gasteiger partial charge in [0.25, 0.3) is 0 Å². The second-order valence-corrected chi connectivity index (χ2v) is 3.77. The number of nitrogens with one attached hydrogen (secondary N) is 2. The molecule has 0 bridgehead atoms. The van der Waals surface area contributed by atoms with Crippen LogP contribution < -0.4 is 10.6 Å². The molecule has 17 heavy (non-hydrogen) atoms. The van der Waals surface area contributed by atoms with Crippen molar-refractivity contribution in [3.8, 4) is 0 Å². The van der Waals surface area contributed by atoms with Crippen molar-refractivity contribution in [3.63, 3.8) is 0 Å². The lowest BCUT2D eigenvalue weighted by molar-refractivity contribution is -0.119. The number of nitrogens with zero attached hydrogens (tertiary/aromatic N) is 1. The SMILES string of the molecule is COC(=O)c1cc(NC2CNC(=O)C2)ccn1. The Morgan fingerprint density at radius 1 is 1.65 bits per heavy atom. The molecule has 0 saturated carbocycles. The highest BCUT2D eigenvalue weighted by Gasteiger charge is 2.21. The molecule has 1 amide bonds. The summed E-state index contributed by atoms with van der Waals surface area (Å²) in [5, 5.41) is 5.89. The number of esters is 1. The first kappa shape index (κ1) is 11.4. The maximum atomic E-state index is 11.3. The molecule has 1 atom stereocenters. The number of amides is 1. The Kier molecular flexibility index (Phi) is 3.22. The lowest BCUT2D eigenvalue weighted by Gasteiger charge is -2.12. The zero-order valence-electron chi connectivity index (χ0n) is 9.40. The number of pyridine rings is 1. The van der Waals surface area contributed by atoms with Crippen molar-refractivity contribution in [2.75, 3.05) is 19.0 Å². The molecule has 2 heterocycles. The van der Waals surface area contributed by atoms with Gasteiger partial charge in [-0.1, -0.05) is 0 Å². The van der Waals surface area contributed by atoms with Gasteiger partial charge in [-0.3, -0.25) is 4.79 Å². The van der Waals surface area contributed by atoms with Crippen LogP contribution in [0.3, 0.4) is 0 Å².